The van der Waals surface area contributed by atoms with Crippen LogP contribution in [0.4, 0.5) is 4.39 Å². The van der Waals surface area contributed by atoms with Crippen LogP contribution in [0, 0.1) is 23.7 Å². The van der Waals surface area contributed by atoms with Gasteiger partial charge in [-0.15, -0.1) is 16.4 Å². The van der Waals surface area contributed by atoms with Gasteiger partial charge in [0.25, 0.3) is 0 Å². The summed E-state index contributed by atoms with van der Waals surface area (Å²) in [6.45, 7) is 3.21. The Bertz CT molecular complexity index is 908. The number of alkyl halides is 2. The molecule has 4 rings (SSSR count). The molecular weight excluding hydrogens is 523 g/mol. The number of hydrogen-bond donors (Lipinski definition) is 5. The predicted molar refractivity (Wildman–Crippen MR) is 140 cm³/mol. The molecule has 7 unspecified atom stereocenters. The van der Waals surface area contributed by atoms with Crippen molar-refractivity contribution in [1.29, 1.82) is 0 Å². The third-order valence-corrected chi connectivity index (χ3v) is 10.2. The average molecular weight is 565 g/mol. The van der Waals surface area contributed by atoms with Crippen LogP contribution >= 0.6 is 11.6 Å². The van der Waals surface area contributed by atoms with E-state index in [0.29, 0.717) is 19.3 Å². The number of hydrazine groups is 1. The van der Waals surface area contributed by atoms with Gasteiger partial charge in [0.1, 0.15) is 6.17 Å². The summed E-state index contributed by atoms with van der Waals surface area (Å²) in [5, 5.41) is 8.96. The van der Waals surface area contributed by atoms with E-state index in [1.807, 2.05) is 7.05 Å². The van der Waals surface area contributed by atoms with Crippen molar-refractivity contribution in [3.63, 3.8) is 0 Å². The summed E-state index contributed by atoms with van der Waals surface area (Å²) in [7, 11) is -1.84. The second-order valence-electron chi connectivity index (χ2n) is 11.4. The quantitative estimate of drug-likeness (QED) is 0.214. The highest BCUT2D eigenvalue weighted by Crippen LogP contribution is 2.37. The van der Waals surface area contributed by atoms with Crippen LogP contribution in [0.25, 0.3) is 0 Å². The zero-order chi connectivity index (χ0) is 26.6. The van der Waals surface area contributed by atoms with Crippen molar-refractivity contribution in [3.8, 4) is 0 Å². The molecule has 2 aliphatic heterocycles. The number of nitrogens with one attached hydrogen (secondary N) is 5. The molecule has 0 spiro atoms. The molecule has 4 fully saturated rings. The van der Waals surface area contributed by atoms with Crippen molar-refractivity contribution in [3.05, 3.63) is 0 Å². The Hall–Kier alpha value is -1.05. The van der Waals surface area contributed by atoms with Crippen molar-refractivity contribution in [2.24, 2.45) is 23.7 Å². The number of amides is 2. The molecule has 2 aliphatic carbocycles. The molecular formula is C24H42ClFN6O4S. The zero-order valence-corrected chi connectivity index (χ0v) is 23.1. The van der Waals surface area contributed by atoms with Gasteiger partial charge in [-0.1, -0.05) is 6.42 Å². The Kier molecular flexibility index (Phi) is 10.1. The highest BCUT2D eigenvalue weighted by Gasteiger charge is 2.44. The van der Waals surface area contributed by atoms with Crippen molar-refractivity contribution in [1.82, 2.24) is 31.1 Å². The molecule has 0 bridgehead atoms. The number of rotatable bonds is 8. The lowest BCUT2D eigenvalue weighted by atomic mass is 9.76. The van der Waals surface area contributed by atoms with E-state index >= 15 is 0 Å². The molecule has 212 valence electrons. The summed E-state index contributed by atoms with van der Waals surface area (Å²) in [6, 6.07) is 0.0848. The Morgan fingerprint density at radius 2 is 1.84 bits per heavy atom. The summed E-state index contributed by atoms with van der Waals surface area (Å²) in [5.41, 5.74) is 2.26. The fourth-order valence-electron chi connectivity index (χ4n) is 6.41. The lowest BCUT2D eigenvalue weighted by Crippen LogP contribution is -2.52. The van der Waals surface area contributed by atoms with Crippen molar-refractivity contribution in [2.45, 2.75) is 75.0 Å². The molecule has 2 saturated carbocycles. The van der Waals surface area contributed by atoms with E-state index in [1.54, 1.807) is 0 Å². The number of carbonyl (C=O) groups is 2. The van der Waals surface area contributed by atoms with Gasteiger partial charge in [0, 0.05) is 31.2 Å². The Balaban J connectivity index is 1.25. The largest absolute Gasteiger partial charge is 0.353 e. The monoisotopic (exact) mass is 564 g/mol. The summed E-state index contributed by atoms with van der Waals surface area (Å²) in [4.78, 5) is 29.7. The molecule has 2 saturated heterocycles. The zero-order valence-electron chi connectivity index (χ0n) is 21.6. The third-order valence-electron chi connectivity index (χ3n) is 8.48. The van der Waals surface area contributed by atoms with Crippen molar-refractivity contribution >= 4 is 33.4 Å². The van der Waals surface area contributed by atoms with Crippen LogP contribution in [0.1, 0.15) is 51.4 Å². The van der Waals surface area contributed by atoms with Gasteiger partial charge in [-0.2, -0.15) is 0 Å². The first-order valence-electron chi connectivity index (χ1n) is 13.6. The lowest BCUT2D eigenvalue weighted by Gasteiger charge is -2.37. The summed E-state index contributed by atoms with van der Waals surface area (Å²) in [6.07, 6.45) is 3.87. The summed E-state index contributed by atoms with van der Waals surface area (Å²) < 4.78 is 40.4. The number of piperidine rings is 1. The Morgan fingerprint density at radius 3 is 2.54 bits per heavy atom. The number of sulfonamides is 1. The number of halogens is 2. The first-order chi connectivity index (χ1) is 17.6. The first-order valence-corrected chi connectivity index (χ1v) is 15.7. The molecule has 0 aromatic rings. The predicted octanol–water partition coefficient (Wildman–Crippen LogP) is 0.444. The highest BCUT2D eigenvalue weighted by molar-refractivity contribution is 7.89. The second-order valence-corrected chi connectivity index (χ2v) is 13.8. The SMILES string of the molecule is CN1CNC(C2CC(Cl)C(F)C(C(=O)NNS(=O)(=O)CC3CCCC(NC(=O)C4CCNCC4)C3)C2)C1. The van der Waals surface area contributed by atoms with E-state index in [0.717, 1.165) is 58.4 Å². The molecule has 4 aliphatic rings. The minimum Gasteiger partial charge on any atom is -0.353 e. The van der Waals surface area contributed by atoms with Crippen LogP contribution in [0.2, 0.25) is 0 Å². The molecule has 10 nitrogen and oxygen atoms in total. The van der Waals surface area contributed by atoms with E-state index < -0.39 is 33.4 Å². The van der Waals surface area contributed by atoms with E-state index in [9.17, 15) is 22.4 Å². The first kappa shape index (κ1) is 28.9. The Labute approximate surface area is 224 Å². The average Bonchev–Trinajstić information content (AvgIpc) is 3.31. The van der Waals surface area contributed by atoms with Crippen LogP contribution in [-0.2, 0) is 19.6 Å². The number of likely N-dealkylation sites (N-methyl/N-ethyl adjacent to an activating group) is 1. The summed E-state index contributed by atoms with van der Waals surface area (Å²) in [5.74, 6) is -1.88. The smallest absolute Gasteiger partial charge is 0.241 e. The lowest BCUT2D eigenvalue weighted by molar-refractivity contribution is -0.129. The number of nitrogens with zero attached hydrogens (tertiary/aromatic N) is 1. The molecule has 0 aromatic carbocycles. The van der Waals surface area contributed by atoms with E-state index in [2.05, 4.69) is 31.1 Å². The molecule has 0 radical (unpaired) electrons. The van der Waals surface area contributed by atoms with E-state index in [4.69, 9.17) is 11.6 Å². The summed E-state index contributed by atoms with van der Waals surface area (Å²) >= 11 is 6.27. The van der Waals surface area contributed by atoms with Crippen LogP contribution in [0.15, 0.2) is 0 Å². The van der Waals surface area contributed by atoms with Gasteiger partial charge in [0.15, 0.2) is 0 Å². The van der Waals surface area contributed by atoms with Gasteiger partial charge in [-0.25, -0.2) is 12.8 Å². The van der Waals surface area contributed by atoms with Crippen LogP contribution in [-0.4, -0.2) is 87.9 Å². The molecule has 0 aromatic heterocycles. The maximum Gasteiger partial charge on any atom is 0.241 e. The molecule has 37 heavy (non-hydrogen) atoms. The number of carbonyl (C=O) groups excluding carboxylic acids is 2. The van der Waals surface area contributed by atoms with Crippen LogP contribution in [0.5, 0.6) is 0 Å². The van der Waals surface area contributed by atoms with Gasteiger partial charge in [0.2, 0.25) is 21.8 Å². The normalized spacial score (nSPS) is 36.2. The number of hydrogen-bond acceptors (Lipinski definition) is 7. The van der Waals surface area contributed by atoms with E-state index in [1.165, 1.54) is 0 Å². The topological polar surface area (TPSA) is 132 Å². The Morgan fingerprint density at radius 1 is 1.08 bits per heavy atom. The second kappa shape index (κ2) is 12.9. The molecule has 2 amide bonds. The third kappa shape index (κ3) is 7.98. The van der Waals surface area contributed by atoms with Crippen LogP contribution in [0.3, 0.4) is 0 Å². The maximum absolute atomic E-state index is 14.9. The minimum atomic E-state index is -3.83. The fraction of sp³-hybridized carbons (Fsp3) is 0.917. The van der Waals surface area contributed by atoms with Gasteiger partial charge in [-0.05, 0) is 76.9 Å². The molecule has 2 heterocycles. The fourth-order valence-corrected chi connectivity index (χ4v) is 8.07. The minimum absolute atomic E-state index is 0.0129. The maximum atomic E-state index is 14.9. The molecule has 13 heteroatoms. The molecule has 7 atom stereocenters. The standard InChI is InChI=1S/C24H42ClFN6O4S/c1-32-12-21(28-14-32)17-10-19(22(26)20(25)11-17)24(34)30-31-37(35,36)13-15-3-2-4-18(9-15)29-23(33)16-5-7-27-8-6-16/h15-22,27-28,31H,2-14H2,1H3,(H,29,33)(H,30,34). The van der Waals surface area contributed by atoms with E-state index in [-0.39, 0.29) is 41.5 Å². The molecule has 5 N–H and O–H groups in total. The van der Waals surface area contributed by atoms with Gasteiger partial charge >= 0.3 is 0 Å². The van der Waals surface area contributed by atoms with Crippen LogP contribution < -0.4 is 26.2 Å². The van der Waals surface area contributed by atoms with Gasteiger partial charge in [0.05, 0.1) is 17.0 Å². The highest BCUT2D eigenvalue weighted by atomic mass is 35.5. The van der Waals surface area contributed by atoms with Gasteiger partial charge < -0.3 is 10.6 Å². The van der Waals surface area contributed by atoms with Gasteiger partial charge in [-0.3, -0.25) is 25.2 Å². The van der Waals surface area contributed by atoms with Crippen molar-refractivity contribution in [2.75, 3.05) is 39.1 Å². The van der Waals surface area contributed by atoms with Crippen molar-refractivity contribution < 1.29 is 22.4 Å².